The second-order valence-electron chi connectivity index (χ2n) is 4.96. The lowest BCUT2D eigenvalue weighted by atomic mass is 9.78. The fourth-order valence-electron chi connectivity index (χ4n) is 1.66. The molecule has 1 fully saturated rings. The average Bonchev–Trinajstić information content (AvgIpc) is 2.00. The second-order valence-corrected chi connectivity index (χ2v) is 4.96. The van der Waals surface area contributed by atoms with Crippen LogP contribution >= 0.6 is 0 Å². The standard InChI is InChI=1S/C11H20O4/c1-10(2,3)15-9(12)8-6-11(7-8,13-4)14-5/h8H,6-7H2,1-5H3. The van der Waals surface area contributed by atoms with Crippen LogP contribution in [0.25, 0.3) is 0 Å². The molecule has 0 radical (unpaired) electrons. The molecule has 0 atom stereocenters. The van der Waals surface area contributed by atoms with E-state index in [0.29, 0.717) is 12.8 Å². The van der Waals surface area contributed by atoms with E-state index in [2.05, 4.69) is 0 Å². The third-order valence-electron chi connectivity index (χ3n) is 2.60. The number of hydrogen-bond donors (Lipinski definition) is 0. The molecule has 1 saturated carbocycles. The Morgan fingerprint density at radius 2 is 1.67 bits per heavy atom. The number of hydrogen-bond acceptors (Lipinski definition) is 4. The molecule has 0 aromatic rings. The second kappa shape index (κ2) is 4.10. The molecule has 0 aliphatic heterocycles. The Labute approximate surface area is 90.9 Å². The summed E-state index contributed by atoms with van der Waals surface area (Å²) in [5, 5.41) is 0. The quantitative estimate of drug-likeness (QED) is 0.532. The van der Waals surface area contributed by atoms with Crippen molar-refractivity contribution in [1.29, 1.82) is 0 Å². The van der Waals surface area contributed by atoms with Crippen LogP contribution in [-0.2, 0) is 19.0 Å². The van der Waals surface area contributed by atoms with E-state index in [4.69, 9.17) is 14.2 Å². The molecule has 1 aliphatic carbocycles. The monoisotopic (exact) mass is 216 g/mol. The maximum atomic E-state index is 11.6. The molecule has 0 N–H and O–H groups in total. The average molecular weight is 216 g/mol. The molecule has 0 heterocycles. The summed E-state index contributed by atoms with van der Waals surface area (Å²) in [6.07, 6.45) is 1.16. The predicted octanol–water partition coefficient (Wildman–Crippen LogP) is 1.73. The highest BCUT2D eigenvalue weighted by atomic mass is 16.7. The number of methoxy groups -OCH3 is 2. The summed E-state index contributed by atoms with van der Waals surface area (Å²) in [4.78, 5) is 11.6. The maximum absolute atomic E-state index is 11.6. The summed E-state index contributed by atoms with van der Waals surface area (Å²) < 4.78 is 15.7. The van der Waals surface area contributed by atoms with Crippen molar-refractivity contribution in [1.82, 2.24) is 0 Å². The zero-order valence-electron chi connectivity index (χ0n) is 10.1. The number of carbonyl (C=O) groups is 1. The largest absolute Gasteiger partial charge is 0.460 e. The Morgan fingerprint density at radius 1 is 1.20 bits per heavy atom. The van der Waals surface area contributed by atoms with Gasteiger partial charge in [0.1, 0.15) is 5.60 Å². The van der Waals surface area contributed by atoms with Crippen LogP contribution in [0, 0.1) is 5.92 Å². The Morgan fingerprint density at radius 3 is 2.00 bits per heavy atom. The van der Waals surface area contributed by atoms with Gasteiger partial charge < -0.3 is 14.2 Å². The first kappa shape index (κ1) is 12.5. The van der Waals surface area contributed by atoms with E-state index < -0.39 is 11.4 Å². The summed E-state index contributed by atoms with van der Waals surface area (Å²) in [7, 11) is 3.18. The van der Waals surface area contributed by atoms with Gasteiger partial charge in [-0.25, -0.2) is 0 Å². The van der Waals surface area contributed by atoms with Crippen molar-refractivity contribution in [2.45, 2.75) is 45.0 Å². The molecular formula is C11H20O4. The first-order chi connectivity index (χ1) is 6.82. The van der Waals surface area contributed by atoms with Gasteiger partial charge in [-0.1, -0.05) is 0 Å². The van der Waals surface area contributed by atoms with Crippen molar-refractivity contribution in [3.8, 4) is 0 Å². The van der Waals surface area contributed by atoms with Crippen LogP contribution in [-0.4, -0.2) is 31.6 Å². The normalized spacial score (nSPS) is 20.9. The van der Waals surface area contributed by atoms with Crippen molar-refractivity contribution in [2.24, 2.45) is 5.92 Å². The lowest BCUT2D eigenvalue weighted by molar-refractivity contribution is -0.272. The smallest absolute Gasteiger partial charge is 0.309 e. The molecule has 0 bridgehead atoms. The van der Waals surface area contributed by atoms with E-state index in [1.807, 2.05) is 20.8 Å². The zero-order valence-corrected chi connectivity index (χ0v) is 10.1. The van der Waals surface area contributed by atoms with E-state index in [1.165, 1.54) is 0 Å². The lowest BCUT2D eigenvalue weighted by Crippen LogP contribution is -2.51. The van der Waals surface area contributed by atoms with Crippen molar-refractivity contribution >= 4 is 5.97 Å². The van der Waals surface area contributed by atoms with Crippen LogP contribution in [0.1, 0.15) is 33.6 Å². The third-order valence-corrected chi connectivity index (χ3v) is 2.60. The van der Waals surface area contributed by atoms with Crippen molar-refractivity contribution in [3.05, 3.63) is 0 Å². The van der Waals surface area contributed by atoms with Crippen LogP contribution in [0.3, 0.4) is 0 Å². The number of rotatable bonds is 3. The maximum Gasteiger partial charge on any atom is 0.309 e. The summed E-state index contributed by atoms with van der Waals surface area (Å²) >= 11 is 0. The summed E-state index contributed by atoms with van der Waals surface area (Å²) in [5.74, 6) is -0.821. The van der Waals surface area contributed by atoms with E-state index in [1.54, 1.807) is 14.2 Å². The number of esters is 1. The molecular weight excluding hydrogens is 196 g/mol. The molecule has 0 saturated heterocycles. The van der Waals surface area contributed by atoms with Gasteiger partial charge in [0.2, 0.25) is 0 Å². The Hall–Kier alpha value is -0.610. The minimum atomic E-state index is -0.568. The molecule has 0 spiro atoms. The molecule has 88 valence electrons. The van der Waals surface area contributed by atoms with E-state index in [0.717, 1.165) is 0 Å². The van der Waals surface area contributed by atoms with Gasteiger partial charge >= 0.3 is 5.97 Å². The van der Waals surface area contributed by atoms with Gasteiger partial charge in [0.05, 0.1) is 5.92 Å². The lowest BCUT2D eigenvalue weighted by Gasteiger charge is -2.44. The first-order valence-electron chi connectivity index (χ1n) is 5.15. The fraction of sp³-hybridized carbons (Fsp3) is 0.909. The van der Waals surface area contributed by atoms with E-state index in [9.17, 15) is 4.79 Å². The SMILES string of the molecule is COC1(OC)CC(C(=O)OC(C)(C)C)C1. The number of carbonyl (C=O) groups excluding carboxylic acids is 1. The molecule has 0 aromatic carbocycles. The summed E-state index contributed by atoms with van der Waals surface area (Å²) in [6, 6.07) is 0. The topological polar surface area (TPSA) is 44.8 Å². The molecule has 1 rings (SSSR count). The minimum Gasteiger partial charge on any atom is -0.460 e. The van der Waals surface area contributed by atoms with Crippen LogP contribution in [0.15, 0.2) is 0 Å². The highest BCUT2D eigenvalue weighted by Gasteiger charge is 2.49. The molecule has 0 unspecified atom stereocenters. The predicted molar refractivity (Wildman–Crippen MR) is 55.3 cm³/mol. The molecule has 0 amide bonds. The Bertz CT molecular complexity index is 229. The van der Waals surface area contributed by atoms with E-state index in [-0.39, 0.29) is 11.9 Å². The van der Waals surface area contributed by atoms with Crippen molar-refractivity contribution < 1.29 is 19.0 Å². The van der Waals surface area contributed by atoms with Crippen LogP contribution < -0.4 is 0 Å². The molecule has 15 heavy (non-hydrogen) atoms. The molecule has 4 heteroatoms. The summed E-state index contributed by atoms with van der Waals surface area (Å²) in [5.41, 5.74) is -0.421. The minimum absolute atomic E-state index is 0.0934. The highest BCUT2D eigenvalue weighted by Crippen LogP contribution is 2.42. The zero-order chi connectivity index (χ0) is 11.7. The third kappa shape index (κ3) is 2.92. The first-order valence-corrected chi connectivity index (χ1v) is 5.15. The Kier molecular flexibility index (Phi) is 3.41. The van der Waals surface area contributed by atoms with Crippen LogP contribution in [0.2, 0.25) is 0 Å². The van der Waals surface area contributed by atoms with E-state index >= 15 is 0 Å². The fourth-order valence-corrected chi connectivity index (χ4v) is 1.66. The van der Waals surface area contributed by atoms with Crippen molar-refractivity contribution in [2.75, 3.05) is 14.2 Å². The van der Waals surface area contributed by atoms with Crippen molar-refractivity contribution in [3.63, 3.8) is 0 Å². The van der Waals surface area contributed by atoms with Crippen LogP contribution in [0.5, 0.6) is 0 Å². The van der Waals surface area contributed by atoms with Crippen LogP contribution in [0.4, 0.5) is 0 Å². The van der Waals surface area contributed by atoms with Gasteiger partial charge in [-0.05, 0) is 20.8 Å². The van der Waals surface area contributed by atoms with Gasteiger partial charge in [0.15, 0.2) is 5.79 Å². The van der Waals surface area contributed by atoms with Gasteiger partial charge in [-0.2, -0.15) is 0 Å². The van der Waals surface area contributed by atoms with Gasteiger partial charge in [-0.3, -0.25) is 4.79 Å². The molecule has 1 aliphatic rings. The molecule has 0 aromatic heterocycles. The molecule has 4 nitrogen and oxygen atoms in total. The summed E-state index contributed by atoms with van der Waals surface area (Å²) in [6.45, 7) is 5.59. The number of ether oxygens (including phenoxy) is 3. The van der Waals surface area contributed by atoms with Gasteiger partial charge in [-0.15, -0.1) is 0 Å². The van der Waals surface area contributed by atoms with Gasteiger partial charge in [0, 0.05) is 27.1 Å². The van der Waals surface area contributed by atoms with Gasteiger partial charge in [0.25, 0.3) is 0 Å². The highest BCUT2D eigenvalue weighted by molar-refractivity contribution is 5.74. The Balaban J connectivity index is 2.42.